The molecule has 7 nitrogen and oxygen atoms in total. The van der Waals surface area contributed by atoms with Crippen molar-refractivity contribution >= 4 is 28.4 Å². The minimum absolute atomic E-state index is 0.0119. The molecule has 3 rings (SSSR count). The van der Waals surface area contributed by atoms with Crippen molar-refractivity contribution in [3.05, 3.63) is 36.2 Å². The minimum Gasteiger partial charge on any atom is -0.372 e. The molecule has 2 N–H and O–H groups in total. The van der Waals surface area contributed by atoms with Gasteiger partial charge in [-0.05, 0) is 12.1 Å². The number of benzene rings is 1. The number of halogens is 3. The highest BCUT2D eigenvalue weighted by Crippen LogP contribution is 2.34. The lowest BCUT2D eigenvalue weighted by atomic mass is 10.2. The molecular weight excluding hydrogens is 335 g/mol. The molecule has 0 aliphatic rings. The van der Waals surface area contributed by atoms with Gasteiger partial charge < -0.3 is 10.6 Å². The third-order valence-corrected chi connectivity index (χ3v) is 3.49. The molecule has 0 aliphatic carbocycles. The molecule has 0 aliphatic heterocycles. The van der Waals surface area contributed by atoms with E-state index in [1.165, 1.54) is 11.7 Å². The summed E-state index contributed by atoms with van der Waals surface area (Å²) in [4.78, 5) is 7.61. The first-order valence-corrected chi connectivity index (χ1v) is 7.14. The van der Waals surface area contributed by atoms with Crippen LogP contribution in [0.4, 0.5) is 30.6 Å². The van der Waals surface area contributed by atoms with E-state index in [0.29, 0.717) is 16.6 Å². The number of nitriles is 1. The third kappa shape index (κ3) is 3.16. The van der Waals surface area contributed by atoms with Crippen LogP contribution in [-0.4, -0.2) is 26.8 Å². The summed E-state index contributed by atoms with van der Waals surface area (Å²) < 4.78 is 40.2. The molecule has 0 spiro atoms. The van der Waals surface area contributed by atoms with Crippen molar-refractivity contribution in [2.75, 3.05) is 17.7 Å². The molecule has 0 radical (unpaired) electrons. The Labute approximate surface area is 140 Å². The van der Waals surface area contributed by atoms with Gasteiger partial charge in [0.2, 0.25) is 5.95 Å². The molecule has 0 bridgehead atoms. The highest BCUT2D eigenvalue weighted by molar-refractivity contribution is 5.92. The Morgan fingerprint density at radius 3 is 2.76 bits per heavy atom. The van der Waals surface area contributed by atoms with Crippen LogP contribution in [0, 0.1) is 11.3 Å². The van der Waals surface area contributed by atoms with Crippen LogP contribution in [0.5, 0.6) is 0 Å². The van der Waals surface area contributed by atoms with Crippen molar-refractivity contribution in [3.8, 4) is 6.07 Å². The lowest BCUT2D eigenvalue weighted by Crippen LogP contribution is -2.12. The molecular formula is C15H12F3N7. The quantitative estimate of drug-likeness (QED) is 0.753. The summed E-state index contributed by atoms with van der Waals surface area (Å²) in [6, 6.07) is 7.26. The first-order chi connectivity index (χ1) is 11.9. The van der Waals surface area contributed by atoms with Gasteiger partial charge in [-0.3, -0.25) is 4.68 Å². The normalized spacial score (nSPS) is 11.3. The summed E-state index contributed by atoms with van der Waals surface area (Å²) >= 11 is 0. The van der Waals surface area contributed by atoms with Crippen molar-refractivity contribution in [3.63, 3.8) is 0 Å². The van der Waals surface area contributed by atoms with Crippen LogP contribution in [-0.2, 0) is 12.7 Å². The van der Waals surface area contributed by atoms with E-state index < -0.39 is 11.7 Å². The van der Waals surface area contributed by atoms with Gasteiger partial charge >= 0.3 is 6.18 Å². The summed E-state index contributed by atoms with van der Waals surface area (Å²) in [7, 11) is 1.36. The number of hydrogen-bond acceptors (Lipinski definition) is 6. The molecule has 25 heavy (non-hydrogen) atoms. The zero-order valence-electron chi connectivity index (χ0n) is 13.0. The lowest BCUT2D eigenvalue weighted by molar-refractivity contribution is -0.137. The number of nitrogens with one attached hydrogen (secondary N) is 2. The molecule has 3 aromatic rings. The zero-order valence-corrected chi connectivity index (χ0v) is 13.0. The minimum atomic E-state index is -4.55. The number of alkyl halides is 3. The average molecular weight is 347 g/mol. The maximum absolute atomic E-state index is 12.9. The van der Waals surface area contributed by atoms with Gasteiger partial charge in [-0.25, -0.2) is 4.98 Å². The summed E-state index contributed by atoms with van der Waals surface area (Å²) in [5.74, 6) is -0.310. The fourth-order valence-electron chi connectivity index (χ4n) is 2.37. The van der Waals surface area contributed by atoms with E-state index in [2.05, 4.69) is 25.7 Å². The Balaban J connectivity index is 1.98. The summed E-state index contributed by atoms with van der Waals surface area (Å²) in [5.41, 5.74) is 0.344. The van der Waals surface area contributed by atoms with E-state index in [-0.39, 0.29) is 18.3 Å². The fourth-order valence-corrected chi connectivity index (χ4v) is 2.37. The second-order valence-electron chi connectivity index (χ2n) is 5.03. The Kier molecular flexibility index (Phi) is 4.14. The zero-order chi connectivity index (χ0) is 18.0. The Morgan fingerprint density at radius 1 is 1.28 bits per heavy atom. The van der Waals surface area contributed by atoms with Crippen molar-refractivity contribution < 1.29 is 13.2 Å². The number of rotatable bonds is 4. The van der Waals surface area contributed by atoms with Gasteiger partial charge in [0, 0.05) is 18.6 Å². The maximum Gasteiger partial charge on any atom is 0.421 e. The van der Waals surface area contributed by atoms with Gasteiger partial charge in [0.05, 0.1) is 23.5 Å². The fraction of sp³-hybridized carbons (Fsp3) is 0.200. The summed E-state index contributed by atoms with van der Waals surface area (Å²) in [6.07, 6.45) is -2.26. The highest BCUT2D eigenvalue weighted by atomic mass is 19.4. The van der Waals surface area contributed by atoms with Gasteiger partial charge in [-0.2, -0.15) is 28.5 Å². The first-order valence-electron chi connectivity index (χ1n) is 7.14. The predicted octanol–water partition coefficient (Wildman–Crippen LogP) is 3.15. The Hall–Kier alpha value is -3.35. The van der Waals surface area contributed by atoms with Gasteiger partial charge in [0.1, 0.15) is 17.9 Å². The monoisotopic (exact) mass is 347 g/mol. The van der Waals surface area contributed by atoms with Gasteiger partial charge in [0.25, 0.3) is 0 Å². The molecule has 0 unspecified atom stereocenters. The maximum atomic E-state index is 12.9. The number of anilines is 3. The number of hydrogen-bond donors (Lipinski definition) is 2. The number of aromatic nitrogens is 4. The molecule has 128 valence electrons. The lowest BCUT2D eigenvalue weighted by Gasteiger charge is -2.13. The van der Waals surface area contributed by atoms with Gasteiger partial charge in [0.15, 0.2) is 0 Å². The van der Waals surface area contributed by atoms with E-state index in [0.717, 1.165) is 6.20 Å². The standard InChI is InChI=1S/C15H12F3N7/c1-20-13-10(15(16,17)18)8-21-14(24-13)23-11-3-2-4-12-9(11)7-22-25(12)6-5-19/h2-4,7-8H,6H2,1H3,(H2,20,21,23,24). The van der Waals surface area contributed by atoms with Crippen LogP contribution in [0.15, 0.2) is 30.6 Å². The van der Waals surface area contributed by atoms with E-state index in [4.69, 9.17) is 5.26 Å². The van der Waals surface area contributed by atoms with Crippen LogP contribution >= 0.6 is 0 Å². The van der Waals surface area contributed by atoms with Crippen LogP contribution in [0.1, 0.15) is 5.56 Å². The van der Waals surface area contributed by atoms with Crippen molar-refractivity contribution in [1.82, 2.24) is 19.7 Å². The molecule has 0 atom stereocenters. The van der Waals surface area contributed by atoms with Crippen molar-refractivity contribution in [1.29, 1.82) is 5.26 Å². The number of nitrogens with zero attached hydrogens (tertiary/aromatic N) is 5. The average Bonchev–Trinajstić information content (AvgIpc) is 2.98. The predicted molar refractivity (Wildman–Crippen MR) is 85.2 cm³/mol. The summed E-state index contributed by atoms with van der Waals surface area (Å²) in [5, 5.41) is 18.9. The molecule has 1 aromatic carbocycles. The van der Waals surface area contributed by atoms with Gasteiger partial charge in [-0.1, -0.05) is 6.07 Å². The molecule has 0 fully saturated rings. The second kappa shape index (κ2) is 6.27. The van der Waals surface area contributed by atoms with Crippen LogP contribution in [0.3, 0.4) is 0 Å². The van der Waals surface area contributed by atoms with Crippen molar-refractivity contribution in [2.24, 2.45) is 0 Å². The summed E-state index contributed by atoms with van der Waals surface area (Å²) in [6.45, 7) is 0.0909. The molecule has 2 heterocycles. The van der Waals surface area contributed by atoms with E-state index in [1.54, 1.807) is 24.4 Å². The third-order valence-electron chi connectivity index (χ3n) is 3.49. The Bertz CT molecular complexity index is 956. The molecule has 0 saturated carbocycles. The largest absolute Gasteiger partial charge is 0.421 e. The van der Waals surface area contributed by atoms with Crippen LogP contribution in [0.25, 0.3) is 10.9 Å². The molecule has 0 saturated heterocycles. The topological polar surface area (TPSA) is 91.5 Å². The van der Waals surface area contributed by atoms with Crippen molar-refractivity contribution in [2.45, 2.75) is 12.7 Å². The number of fused-ring (bicyclic) bond motifs is 1. The Morgan fingerprint density at radius 2 is 2.08 bits per heavy atom. The first kappa shape index (κ1) is 16.5. The molecule has 10 heteroatoms. The molecule has 2 aromatic heterocycles. The highest BCUT2D eigenvalue weighted by Gasteiger charge is 2.35. The second-order valence-corrected chi connectivity index (χ2v) is 5.03. The van der Waals surface area contributed by atoms with Gasteiger partial charge in [-0.15, -0.1) is 0 Å². The SMILES string of the molecule is CNc1nc(Nc2cccc3c2cnn3CC#N)ncc1C(F)(F)F. The van der Waals surface area contributed by atoms with Crippen LogP contribution in [0.2, 0.25) is 0 Å². The van der Waals surface area contributed by atoms with E-state index in [1.807, 2.05) is 6.07 Å². The van der Waals surface area contributed by atoms with Crippen LogP contribution < -0.4 is 10.6 Å². The van der Waals surface area contributed by atoms with E-state index >= 15 is 0 Å². The van der Waals surface area contributed by atoms with E-state index in [9.17, 15) is 13.2 Å². The molecule has 0 amide bonds. The smallest absolute Gasteiger partial charge is 0.372 e.